The molecule has 0 saturated heterocycles. The largest absolute Gasteiger partial charge is 0.508 e. The average Bonchev–Trinajstić information content (AvgIpc) is 2.27. The van der Waals surface area contributed by atoms with Crippen molar-refractivity contribution in [2.75, 3.05) is 23.5 Å². The minimum absolute atomic E-state index is 0.0833. The molecule has 4 N–H and O–H groups in total. The van der Waals surface area contributed by atoms with Gasteiger partial charge in [-0.05, 0) is 18.2 Å². The number of phenols is 1. The molecule has 0 aliphatic rings. The third-order valence-corrected chi connectivity index (χ3v) is 4.84. The van der Waals surface area contributed by atoms with E-state index in [9.17, 15) is 21.9 Å². The molecule has 0 aromatic heterocycles. The number of sulfonamides is 1. The molecule has 0 heterocycles. The van der Waals surface area contributed by atoms with Crippen LogP contribution in [0.4, 0.5) is 5.69 Å². The Kier molecular flexibility index (Phi) is 4.77. The van der Waals surface area contributed by atoms with E-state index >= 15 is 0 Å². The zero-order chi connectivity index (χ0) is 14.7. The number of hydrogen-bond acceptors (Lipinski definition) is 6. The Hall–Kier alpha value is -1.32. The van der Waals surface area contributed by atoms with E-state index in [1.807, 2.05) is 0 Å². The topological polar surface area (TPSA) is 127 Å². The van der Waals surface area contributed by atoms with Crippen molar-refractivity contribution >= 4 is 25.5 Å². The van der Waals surface area contributed by atoms with Gasteiger partial charge < -0.3 is 10.8 Å². The Morgan fingerprint density at radius 1 is 1.21 bits per heavy atom. The maximum absolute atomic E-state index is 11.6. The normalized spacial score (nSPS) is 12.5. The van der Waals surface area contributed by atoms with Crippen molar-refractivity contribution in [3.8, 4) is 5.75 Å². The lowest BCUT2D eigenvalue weighted by atomic mass is 10.2. The molecule has 7 nitrogen and oxygen atoms in total. The van der Waals surface area contributed by atoms with Crippen LogP contribution < -0.4 is 10.5 Å². The summed E-state index contributed by atoms with van der Waals surface area (Å²) in [5, 5.41) is 9.50. The zero-order valence-electron chi connectivity index (χ0n) is 10.3. The van der Waals surface area contributed by atoms with Crippen molar-refractivity contribution in [1.29, 1.82) is 0 Å². The molecule has 0 fully saturated rings. The lowest BCUT2D eigenvalue weighted by Crippen LogP contribution is -2.29. The van der Waals surface area contributed by atoms with Crippen LogP contribution in [0, 0.1) is 0 Å². The van der Waals surface area contributed by atoms with Crippen molar-refractivity contribution in [1.82, 2.24) is 4.72 Å². The van der Waals surface area contributed by atoms with Gasteiger partial charge in [0.05, 0.1) is 11.5 Å². The standard InChI is InChI=1S/C10H16N2O5S2/c1-18(14,15)4-5-19(16,17)12-7-8-6-9(11)2-3-10(8)13/h2-3,6,12-13H,4-5,7,11H2,1H3. The van der Waals surface area contributed by atoms with Gasteiger partial charge in [-0.25, -0.2) is 21.6 Å². The van der Waals surface area contributed by atoms with Crippen molar-refractivity contribution in [3.05, 3.63) is 23.8 Å². The number of phenolic OH excluding ortho intramolecular Hbond substituents is 1. The van der Waals surface area contributed by atoms with E-state index in [0.717, 1.165) is 6.26 Å². The molecule has 1 rings (SSSR count). The van der Waals surface area contributed by atoms with Crippen LogP contribution in [0.5, 0.6) is 5.75 Å². The quantitative estimate of drug-likeness (QED) is 0.477. The monoisotopic (exact) mass is 308 g/mol. The van der Waals surface area contributed by atoms with E-state index in [-0.39, 0.29) is 12.3 Å². The Morgan fingerprint density at radius 2 is 1.84 bits per heavy atom. The average molecular weight is 308 g/mol. The second-order valence-electron chi connectivity index (χ2n) is 4.16. The maximum atomic E-state index is 11.6. The zero-order valence-corrected chi connectivity index (χ0v) is 12.0. The Labute approximate surface area is 112 Å². The van der Waals surface area contributed by atoms with Gasteiger partial charge in [0.15, 0.2) is 0 Å². The second-order valence-corrected chi connectivity index (χ2v) is 8.34. The van der Waals surface area contributed by atoms with Gasteiger partial charge in [-0.3, -0.25) is 0 Å². The van der Waals surface area contributed by atoms with Crippen molar-refractivity contribution in [2.24, 2.45) is 0 Å². The smallest absolute Gasteiger partial charge is 0.212 e. The number of aromatic hydroxyl groups is 1. The van der Waals surface area contributed by atoms with E-state index in [2.05, 4.69) is 4.72 Å². The van der Waals surface area contributed by atoms with Crippen LogP contribution in [0.1, 0.15) is 5.56 Å². The van der Waals surface area contributed by atoms with Crippen LogP contribution in [0.3, 0.4) is 0 Å². The van der Waals surface area contributed by atoms with Crippen molar-refractivity contribution in [2.45, 2.75) is 6.54 Å². The van der Waals surface area contributed by atoms with Gasteiger partial charge in [0.2, 0.25) is 10.0 Å². The molecular weight excluding hydrogens is 292 g/mol. The summed E-state index contributed by atoms with van der Waals surface area (Å²) in [6, 6.07) is 4.28. The molecule has 0 aliphatic carbocycles. The number of anilines is 1. The molecule has 0 spiro atoms. The highest BCUT2D eigenvalue weighted by Gasteiger charge is 2.15. The van der Waals surface area contributed by atoms with Gasteiger partial charge in [0, 0.05) is 24.1 Å². The predicted molar refractivity (Wildman–Crippen MR) is 72.9 cm³/mol. The first-order valence-corrected chi connectivity index (χ1v) is 9.03. The highest BCUT2D eigenvalue weighted by Crippen LogP contribution is 2.19. The van der Waals surface area contributed by atoms with Crippen LogP contribution in [-0.4, -0.2) is 39.7 Å². The Balaban J connectivity index is 2.68. The van der Waals surface area contributed by atoms with Crippen LogP contribution in [0.25, 0.3) is 0 Å². The summed E-state index contributed by atoms with van der Waals surface area (Å²) in [7, 11) is -7.07. The molecule has 0 saturated carbocycles. The summed E-state index contributed by atoms with van der Waals surface area (Å²) in [6.07, 6.45) is 0.965. The third kappa shape index (κ3) is 5.90. The van der Waals surface area contributed by atoms with Gasteiger partial charge in [-0.2, -0.15) is 0 Å². The third-order valence-electron chi connectivity index (χ3n) is 2.31. The van der Waals surface area contributed by atoms with Gasteiger partial charge in [-0.1, -0.05) is 0 Å². The van der Waals surface area contributed by atoms with E-state index in [1.54, 1.807) is 0 Å². The fourth-order valence-electron chi connectivity index (χ4n) is 1.27. The second kappa shape index (κ2) is 5.76. The molecule has 0 atom stereocenters. The molecule has 0 unspecified atom stereocenters. The van der Waals surface area contributed by atoms with Gasteiger partial charge in [0.25, 0.3) is 0 Å². The van der Waals surface area contributed by atoms with Crippen LogP contribution in [0.15, 0.2) is 18.2 Å². The highest BCUT2D eigenvalue weighted by molar-refractivity contribution is 7.93. The minimum Gasteiger partial charge on any atom is -0.508 e. The maximum Gasteiger partial charge on any atom is 0.212 e. The molecular formula is C10H16N2O5S2. The van der Waals surface area contributed by atoms with Crippen molar-refractivity contribution in [3.63, 3.8) is 0 Å². The van der Waals surface area contributed by atoms with Crippen molar-refractivity contribution < 1.29 is 21.9 Å². The minimum atomic E-state index is -3.72. The molecule has 108 valence electrons. The van der Waals surface area contributed by atoms with Gasteiger partial charge in [0.1, 0.15) is 15.6 Å². The molecule has 0 amide bonds. The number of nitrogens with one attached hydrogen (secondary N) is 1. The fraction of sp³-hybridized carbons (Fsp3) is 0.400. The first-order chi connectivity index (χ1) is 8.59. The van der Waals surface area contributed by atoms with Crippen LogP contribution in [0.2, 0.25) is 0 Å². The van der Waals surface area contributed by atoms with Gasteiger partial charge in [-0.15, -0.1) is 0 Å². The summed E-state index contributed by atoms with van der Waals surface area (Å²) >= 11 is 0. The Morgan fingerprint density at radius 3 is 2.42 bits per heavy atom. The number of nitrogens with two attached hydrogens (primary N) is 1. The summed E-state index contributed by atoms with van der Waals surface area (Å²) in [6.45, 7) is -0.150. The number of sulfone groups is 1. The van der Waals surface area contributed by atoms with E-state index in [0.29, 0.717) is 11.3 Å². The van der Waals surface area contributed by atoms with E-state index < -0.39 is 31.4 Å². The molecule has 9 heteroatoms. The fourth-order valence-corrected chi connectivity index (χ4v) is 3.88. The molecule has 0 radical (unpaired) electrons. The number of hydrogen-bond donors (Lipinski definition) is 3. The molecule has 0 bridgehead atoms. The highest BCUT2D eigenvalue weighted by atomic mass is 32.2. The first-order valence-electron chi connectivity index (χ1n) is 5.31. The first kappa shape index (κ1) is 15.7. The lowest BCUT2D eigenvalue weighted by Gasteiger charge is -2.08. The summed E-state index contributed by atoms with van der Waals surface area (Å²) in [5.74, 6) is -1.06. The number of rotatable bonds is 6. The summed E-state index contributed by atoms with van der Waals surface area (Å²) < 4.78 is 47.1. The lowest BCUT2D eigenvalue weighted by molar-refractivity contribution is 0.467. The number of nitrogen functional groups attached to an aromatic ring is 1. The number of benzene rings is 1. The molecule has 1 aromatic rings. The molecule has 0 aliphatic heterocycles. The predicted octanol–water partition coefficient (Wildman–Crippen LogP) is -0.562. The van der Waals surface area contributed by atoms with Gasteiger partial charge >= 0.3 is 0 Å². The molecule has 1 aromatic carbocycles. The summed E-state index contributed by atoms with van der Waals surface area (Å²) in [5.41, 5.74) is 6.23. The SMILES string of the molecule is CS(=O)(=O)CCS(=O)(=O)NCc1cc(N)ccc1O. The van der Waals surface area contributed by atoms with Crippen LogP contribution in [-0.2, 0) is 26.4 Å². The van der Waals surface area contributed by atoms with E-state index in [4.69, 9.17) is 5.73 Å². The molecule has 19 heavy (non-hydrogen) atoms. The van der Waals surface area contributed by atoms with Crippen LogP contribution >= 0.6 is 0 Å². The summed E-state index contributed by atoms with van der Waals surface area (Å²) in [4.78, 5) is 0. The van der Waals surface area contributed by atoms with E-state index in [1.165, 1.54) is 18.2 Å². The Bertz CT molecular complexity index is 652.